The third-order valence-electron chi connectivity index (χ3n) is 5.22. The minimum atomic E-state index is -0.171. The second-order valence-electron chi connectivity index (χ2n) is 6.84. The molecule has 0 amide bonds. The molecule has 0 spiro atoms. The molecule has 1 aliphatic rings. The topological polar surface area (TPSA) is 97.8 Å². The van der Waals surface area contributed by atoms with Crippen molar-refractivity contribution in [3.63, 3.8) is 0 Å². The third kappa shape index (κ3) is 2.73. The molecule has 1 aliphatic heterocycles. The van der Waals surface area contributed by atoms with Crippen LogP contribution in [-0.2, 0) is 16.0 Å². The van der Waals surface area contributed by atoms with Gasteiger partial charge in [0.2, 0.25) is 0 Å². The second-order valence-corrected chi connectivity index (χ2v) is 6.84. The first kappa shape index (κ1) is 16.2. The van der Waals surface area contributed by atoms with Crippen molar-refractivity contribution in [2.24, 2.45) is 5.92 Å². The Labute approximate surface area is 154 Å². The van der Waals surface area contributed by atoms with Crippen molar-refractivity contribution < 1.29 is 9.47 Å². The third-order valence-corrected chi connectivity index (χ3v) is 5.22. The minimum Gasteiger partial charge on any atom is -0.379 e. The molecular weight excluding hydrogens is 346 g/mol. The summed E-state index contributed by atoms with van der Waals surface area (Å²) in [6.45, 7) is 1.67. The lowest BCUT2D eigenvalue weighted by atomic mass is 10.1. The summed E-state index contributed by atoms with van der Waals surface area (Å²) in [4.78, 5) is 27.3. The van der Waals surface area contributed by atoms with E-state index >= 15 is 0 Å². The molecule has 0 bridgehead atoms. The summed E-state index contributed by atoms with van der Waals surface area (Å²) in [5, 5.41) is 1.03. The summed E-state index contributed by atoms with van der Waals surface area (Å²) in [5.74, 6) is 0.133. The zero-order chi connectivity index (χ0) is 18.4. The number of rotatable bonds is 4. The van der Waals surface area contributed by atoms with Crippen LogP contribution in [0, 0.1) is 5.92 Å². The van der Waals surface area contributed by atoms with Gasteiger partial charge in [0, 0.05) is 54.7 Å². The number of aromatic amines is 2. The quantitative estimate of drug-likeness (QED) is 0.576. The molecule has 138 valence electrons. The van der Waals surface area contributed by atoms with Gasteiger partial charge in [-0.3, -0.25) is 9.55 Å². The van der Waals surface area contributed by atoms with Crippen LogP contribution in [0.25, 0.3) is 33.3 Å². The normalized spacial score (nSPS) is 20.0. The van der Waals surface area contributed by atoms with Crippen LogP contribution in [0.4, 0.5) is 0 Å². The van der Waals surface area contributed by atoms with E-state index in [4.69, 9.17) is 9.47 Å². The lowest BCUT2D eigenvalue weighted by Gasteiger charge is -2.16. The molecule has 0 radical (unpaired) electrons. The van der Waals surface area contributed by atoms with Crippen LogP contribution in [-0.4, -0.2) is 50.9 Å². The number of nitrogens with zero attached hydrogens (tertiary/aromatic N) is 3. The van der Waals surface area contributed by atoms with Gasteiger partial charge in [0.05, 0.1) is 24.8 Å². The maximum Gasteiger partial charge on any atom is 0.327 e. The van der Waals surface area contributed by atoms with E-state index in [2.05, 4.69) is 26.0 Å². The number of methoxy groups -OCH3 is 1. The fourth-order valence-corrected chi connectivity index (χ4v) is 3.71. The number of pyridine rings is 2. The Morgan fingerprint density at radius 3 is 2.89 bits per heavy atom. The molecule has 0 saturated carbocycles. The summed E-state index contributed by atoms with van der Waals surface area (Å²) < 4.78 is 12.7. The zero-order valence-electron chi connectivity index (χ0n) is 14.8. The summed E-state index contributed by atoms with van der Waals surface area (Å²) in [5.41, 5.74) is 3.89. The Bertz CT molecular complexity index is 1170. The number of ether oxygens (including phenoxy) is 2. The van der Waals surface area contributed by atoms with Gasteiger partial charge >= 0.3 is 5.69 Å². The van der Waals surface area contributed by atoms with Crippen LogP contribution in [0.5, 0.6) is 0 Å². The zero-order valence-corrected chi connectivity index (χ0v) is 14.8. The van der Waals surface area contributed by atoms with Gasteiger partial charge in [-0.15, -0.1) is 0 Å². The highest BCUT2D eigenvalue weighted by Gasteiger charge is 2.29. The molecule has 4 aromatic heterocycles. The van der Waals surface area contributed by atoms with E-state index in [0.717, 1.165) is 27.7 Å². The fraction of sp³-hybridized carbons (Fsp3) is 0.316. The van der Waals surface area contributed by atoms with Crippen LogP contribution in [0.3, 0.4) is 0 Å². The van der Waals surface area contributed by atoms with Crippen molar-refractivity contribution in [2.45, 2.75) is 12.6 Å². The number of fused-ring (bicyclic) bond motifs is 2. The monoisotopic (exact) mass is 365 g/mol. The molecule has 27 heavy (non-hydrogen) atoms. The molecule has 1 fully saturated rings. The molecule has 0 aliphatic carbocycles. The van der Waals surface area contributed by atoms with Crippen molar-refractivity contribution in [2.75, 3.05) is 20.3 Å². The molecule has 1 saturated heterocycles. The number of hydrogen-bond acceptors (Lipinski definition) is 5. The van der Waals surface area contributed by atoms with Gasteiger partial charge in [0.1, 0.15) is 5.65 Å². The van der Waals surface area contributed by atoms with Crippen molar-refractivity contribution in [3.05, 3.63) is 47.3 Å². The van der Waals surface area contributed by atoms with Crippen molar-refractivity contribution in [1.29, 1.82) is 0 Å². The first-order chi connectivity index (χ1) is 13.2. The van der Waals surface area contributed by atoms with Gasteiger partial charge in [-0.2, -0.15) is 0 Å². The Morgan fingerprint density at radius 1 is 1.22 bits per heavy atom. The van der Waals surface area contributed by atoms with Crippen molar-refractivity contribution in [3.8, 4) is 11.1 Å². The van der Waals surface area contributed by atoms with Crippen LogP contribution >= 0.6 is 0 Å². The summed E-state index contributed by atoms with van der Waals surface area (Å²) in [6, 6.07) is 6.02. The van der Waals surface area contributed by atoms with E-state index in [9.17, 15) is 4.79 Å². The Kier molecular flexibility index (Phi) is 3.80. The highest BCUT2D eigenvalue weighted by molar-refractivity contribution is 5.84. The molecule has 2 atom stereocenters. The standard InChI is InChI=1S/C19H19N5O3/c1-26-16-10-27-9-14(16)8-24-15-5-13(7-22-18(15)23-19(24)25)12-4-11-2-3-20-17(11)21-6-12/h2-7,14,16H,8-10H2,1H3,(H,20,21)(H,22,23,25)/t14-,16+/m1/s1. The molecule has 4 aromatic rings. The highest BCUT2D eigenvalue weighted by atomic mass is 16.5. The largest absolute Gasteiger partial charge is 0.379 e. The molecule has 0 unspecified atom stereocenters. The van der Waals surface area contributed by atoms with E-state index in [1.807, 2.05) is 24.5 Å². The smallest absolute Gasteiger partial charge is 0.327 e. The second kappa shape index (κ2) is 6.33. The molecule has 8 heteroatoms. The van der Waals surface area contributed by atoms with E-state index in [1.165, 1.54) is 0 Å². The van der Waals surface area contributed by atoms with E-state index in [0.29, 0.717) is 25.4 Å². The van der Waals surface area contributed by atoms with Crippen molar-refractivity contribution in [1.82, 2.24) is 24.5 Å². The van der Waals surface area contributed by atoms with Crippen molar-refractivity contribution >= 4 is 22.2 Å². The summed E-state index contributed by atoms with van der Waals surface area (Å²) in [6.07, 6.45) is 5.43. The number of H-pyrrole nitrogens is 2. The predicted molar refractivity (Wildman–Crippen MR) is 101 cm³/mol. The van der Waals surface area contributed by atoms with E-state index < -0.39 is 0 Å². The van der Waals surface area contributed by atoms with Crippen LogP contribution in [0.1, 0.15) is 0 Å². The van der Waals surface area contributed by atoms with Gasteiger partial charge in [-0.25, -0.2) is 14.8 Å². The maximum absolute atomic E-state index is 12.5. The highest BCUT2D eigenvalue weighted by Crippen LogP contribution is 2.25. The number of hydrogen-bond donors (Lipinski definition) is 2. The lowest BCUT2D eigenvalue weighted by molar-refractivity contribution is 0.0632. The number of nitrogens with one attached hydrogen (secondary N) is 2. The molecule has 5 heterocycles. The van der Waals surface area contributed by atoms with Gasteiger partial charge in [-0.1, -0.05) is 0 Å². The molecule has 8 nitrogen and oxygen atoms in total. The SMILES string of the molecule is CO[C@H]1COC[C@H]1Cn1c(=O)[nH]c2ncc(-c3cnc4[nH]ccc4c3)cc21. The first-order valence-electron chi connectivity index (χ1n) is 8.85. The van der Waals surface area contributed by atoms with Crippen LogP contribution < -0.4 is 5.69 Å². The van der Waals surface area contributed by atoms with Gasteiger partial charge in [0.15, 0.2) is 5.65 Å². The fourth-order valence-electron chi connectivity index (χ4n) is 3.71. The number of imidazole rings is 1. The minimum absolute atomic E-state index is 0.00168. The Morgan fingerprint density at radius 2 is 2.04 bits per heavy atom. The molecule has 2 N–H and O–H groups in total. The Hall–Kier alpha value is -2.97. The molecule has 0 aromatic carbocycles. The maximum atomic E-state index is 12.5. The van der Waals surface area contributed by atoms with Gasteiger partial charge < -0.3 is 14.5 Å². The van der Waals surface area contributed by atoms with Gasteiger partial charge in [0.25, 0.3) is 0 Å². The summed E-state index contributed by atoms with van der Waals surface area (Å²) in [7, 11) is 1.67. The molecular formula is C19H19N5O3. The van der Waals surface area contributed by atoms with E-state index in [-0.39, 0.29) is 17.7 Å². The van der Waals surface area contributed by atoms with Crippen LogP contribution in [0.2, 0.25) is 0 Å². The Balaban J connectivity index is 1.57. The first-order valence-corrected chi connectivity index (χ1v) is 8.85. The number of aromatic nitrogens is 5. The average Bonchev–Trinajstić information content (AvgIpc) is 3.40. The predicted octanol–water partition coefficient (Wildman–Crippen LogP) is 1.93. The van der Waals surface area contributed by atoms with Gasteiger partial charge in [-0.05, 0) is 18.2 Å². The van der Waals surface area contributed by atoms with Crippen LogP contribution in [0.15, 0.2) is 41.6 Å². The summed E-state index contributed by atoms with van der Waals surface area (Å²) >= 11 is 0. The molecule has 5 rings (SSSR count). The average molecular weight is 365 g/mol. The lowest BCUT2D eigenvalue weighted by Crippen LogP contribution is -2.29. The van der Waals surface area contributed by atoms with E-state index in [1.54, 1.807) is 17.9 Å².